The van der Waals surface area contributed by atoms with Gasteiger partial charge >= 0.3 is 5.97 Å². The maximum Gasteiger partial charge on any atom is 0.306 e. The second-order valence-electron chi connectivity index (χ2n) is 10.6. The molecular formula is C32H37N3O6. The standard InChI is InChI=1S/C32H37N3O6/c1-21(2)31(27(36)19-22(3)32(40)41)34-29(38)14-8-13-28(37)33-18-17-30(39)35-20-25-11-5-4-9-23(25)15-16-24-10-6-7-12-26(24)35/h4-7,9-12,21-22,31H,8,13-14,17-20H2,1-3H3,(H,33,37)(H,34,38)(H,40,41)/t22-,31+/m1/s1. The molecule has 0 radical (unpaired) electrons. The minimum absolute atomic E-state index is 0.0440. The first-order chi connectivity index (χ1) is 19.6. The molecule has 0 saturated heterocycles. The third kappa shape index (κ3) is 9.04. The van der Waals surface area contributed by atoms with Gasteiger partial charge in [-0.15, -0.1) is 0 Å². The molecule has 1 heterocycles. The predicted molar refractivity (Wildman–Crippen MR) is 155 cm³/mol. The zero-order chi connectivity index (χ0) is 29.9. The molecule has 216 valence electrons. The van der Waals surface area contributed by atoms with E-state index in [1.54, 1.807) is 18.7 Å². The molecule has 0 aliphatic carbocycles. The summed E-state index contributed by atoms with van der Waals surface area (Å²) in [7, 11) is 0. The highest BCUT2D eigenvalue weighted by atomic mass is 16.4. The molecule has 0 bridgehead atoms. The first-order valence-electron chi connectivity index (χ1n) is 13.9. The van der Waals surface area contributed by atoms with Gasteiger partial charge in [0.1, 0.15) is 0 Å². The van der Waals surface area contributed by atoms with E-state index in [2.05, 4.69) is 22.5 Å². The largest absolute Gasteiger partial charge is 0.481 e. The number of carboxylic acid groups (broad SMARTS) is 1. The zero-order valence-corrected chi connectivity index (χ0v) is 23.7. The molecule has 3 rings (SSSR count). The Bertz CT molecular complexity index is 1360. The van der Waals surface area contributed by atoms with Gasteiger partial charge < -0.3 is 20.6 Å². The lowest BCUT2D eigenvalue weighted by atomic mass is 9.93. The summed E-state index contributed by atoms with van der Waals surface area (Å²) in [5.41, 5.74) is 3.31. The molecule has 2 aromatic rings. The Morgan fingerprint density at radius 3 is 2.22 bits per heavy atom. The Balaban J connectivity index is 1.46. The van der Waals surface area contributed by atoms with Gasteiger partial charge in [-0.1, -0.05) is 62.9 Å². The number of fused-ring (bicyclic) bond motifs is 2. The van der Waals surface area contributed by atoms with Crippen LogP contribution in [0.3, 0.4) is 0 Å². The number of carboxylic acids is 1. The van der Waals surface area contributed by atoms with E-state index in [-0.39, 0.29) is 68.1 Å². The summed E-state index contributed by atoms with van der Waals surface area (Å²) >= 11 is 0. The Hall–Kier alpha value is -4.45. The van der Waals surface area contributed by atoms with Gasteiger partial charge in [0.2, 0.25) is 17.7 Å². The summed E-state index contributed by atoms with van der Waals surface area (Å²) in [6.45, 7) is 5.54. The number of hydrogen-bond acceptors (Lipinski definition) is 5. The van der Waals surface area contributed by atoms with Crippen LogP contribution in [-0.2, 0) is 30.5 Å². The molecule has 0 unspecified atom stereocenters. The summed E-state index contributed by atoms with van der Waals surface area (Å²) in [5.74, 6) is 3.13. The third-order valence-corrected chi connectivity index (χ3v) is 6.90. The molecule has 41 heavy (non-hydrogen) atoms. The molecule has 0 aromatic heterocycles. The highest BCUT2D eigenvalue weighted by molar-refractivity contribution is 5.95. The van der Waals surface area contributed by atoms with E-state index in [9.17, 15) is 24.0 Å². The lowest BCUT2D eigenvalue weighted by Gasteiger charge is -2.26. The molecule has 1 aliphatic rings. The topological polar surface area (TPSA) is 133 Å². The van der Waals surface area contributed by atoms with Crippen LogP contribution < -0.4 is 15.5 Å². The van der Waals surface area contributed by atoms with Crippen molar-refractivity contribution in [1.29, 1.82) is 0 Å². The predicted octanol–water partition coefficient (Wildman–Crippen LogP) is 3.43. The van der Waals surface area contributed by atoms with Crippen molar-refractivity contribution in [3.05, 3.63) is 65.2 Å². The van der Waals surface area contributed by atoms with Crippen molar-refractivity contribution in [2.24, 2.45) is 11.8 Å². The van der Waals surface area contributed by atoms with E-state index < -0.39 is 17.9 Å². The number of benzene rings is 2. The first-order valence-corrected chi connectivity index (χ1v) is 13.9. The van der Waals surface area contributed by atoms with Crippen molar-refractivity contribution < 1.29 is 29.1 Å². The van der Waals surface area contributed by atoms with Gasteiger partial charge in [-0.05, 0) is 36.1 Å². The van der Waals surface area contributed by atoms with E-state index in [4.69, 9.17) is 5.11 Å². The highest BCUT2D eigenvalue weighted by Gasteiger charge is 2.27. The van der Waals surface area contributed by atoms with Crippen LogP contribution in [0.4, 0.5) is 5.69 Å². The van der Waals surface area contributed by atoms with Crippen molar-refractivity contribution >= 4 is 35.2 Å². The molecule has 0 saturated carbocycles. The first kappa shape index (κ1) is 31.1. The summed E-state index contributed by atoms with van der Waals surface area (Å²) in [4.78, 5) is 63.3. The molecule has 0 spiro atoms. The lowest BCUT2D eigenvalue weighted by molar-refractivity contribution is -0.143. The molecule has 9 nitrogen and oxygen atoms in total. The van der Waals surface area contributed by atoms with Gasteiger partial charge in [0, 0.05) is 43.4 Å². The second-order valence-corrected chi connectivity index (χ2v) is 10.6. The number of nitrogens with one attached hydrogen (secondary N) is 2. The number of rotatable bonds is 13. The Labute approximate surface area is 240 Å². The van der Waals surface area contributed by atoms with E-state index >= 15 is 0 Å². The van der Waals surface area contributed by atoms with Gasteiger partial charge in [-0.2, -0.15) is 0 Å². The minimum atomic E-state index is -1.06. The summed E-state index contributed by atoms with van der Waals surface area (Å²) in [5, 5.41) is 14.5. The fourth-order valence-electron chi connectivity index (χ4n) is 4.53. The van der Waals surface area contributed by atoms with Crippen LogP contribution in [0.25, 0.3) is 0 Å². The van der Waals surface area contributed by atoms with E-state index in [0.717, 1.165) is 22.4 Å². The maximum atomic E-state index is 13.3. The van der Waals surface area contributed by atoms with E-state index in [1.165, 1.54) is 6.92 Å². The third-order valence-electron chi connectivity index (χ3n) is 6.90. The maximum absolute atomic E-state index is 13.3. The monoisotopic (exact) mass is 559 g/mol. The number of hydrogen-bond donors (Lipinski definition) is 3. The van der Waals surface area contributed by atoms with Gasteiger partial charge in [-0.3, -0.25) is 24.0 Å². The van der Waals surface area contributed by atoms with E-state index in [1.807, 2.05) is 48.5 Å². The van der Waals surface area contributed by atoms with Crippen molar-refractivity contribution in [3.8, 4) is 11.8 Å². The molecule has 2 aromatic carbocycles. The van der Waals surface area contributed by atoms with Crippen molar-refractivity contribution in [3.63, 3.8) is 0 Å². The van der Waals surface area contributed by atoms with Gasteiger partial charge in [0.25, 0.3) is 0 Å². The number of nitrogens with zero attached hydrogens (tertiary/aromatic N) is 1. The van der Waals surface area contributed by atoms with E-state index in [0.29, 0.717) is 6.54 Å². The Morgan fingerprint density at radius 2 is 1.51 bits per heavy atom. The summed E-state index contributed by atoms with van der Waals surface area (Å²) in [6.07, 6.45) is 0.340. The van der Waals surface area contributed by atoms with Crippen LogP contribution in [-0.4, -0.2) is 47.2 Å². The zero-order valence-electron chi connectivity index (χ0n) is 23.7. The molecule has 0 fully saturated rings. The van der Waals surface area contributed by atoms with Crippen LogP contribution in [0.1, 0.15) is 69.6 Å². The Kier molecular flexibility index (Phi) is 11.2. The average molecular weight is 560 g/mol. The quantitative estimate of drug-likeness (QED) is 0.322. The number of aliphatic carboxylic acids is 1. The number of amides is 3. The van der Waals surface area contributed by atoms with Crippen molar-refractivity contribution in [2.45, 2.75) is 65.5 Å². The van der Waals surface area contributed by atoms with Crippen molar-refractivity contribution in [2.75, 3.05) is 11.4 Å². The summed E-state index contributed by atoms with van der Waals surface area (Å²) < 4.78 is 0. The minimum Gasteiger partial charge on any atom is -0.481 e. The Morgan fingerprint density at radius 1 is 0.878 bits per heavy atom. The van der Waals surface area contributed by atoms with Gasteiger partial charge in [0.15, 0.2) is 5.78 Å². The lowest BCUT2D eigenvalue weighted by Crippen LogP contribution is -2.45. The fourth-order valence-corrected chi connectivity index (χ4v) is 4.53. The van der Waals surface area contributed by atoms with Crippen LogP contribution in [0.15, 0.2) is 48.5 Å². The van der Waals surface area contributed by atoms with Gasteiger partial charge in [-0.25, -0.2) is 0 Å². The molecule has 3 amide bonds. The highest BCUT2D eigenvalue weighted by Crippen LogP contribution is 2.25. The van der Waals surface area contributed by atoms with Crippen LogP contribution in [0.2, 0.25) is 0 Å². The second kappa shape index (κ2) is 14.8. The number of Topliss-reactive ketones (excluding diaryl/α,β-unsaturated/α-hetero) is 1. The SMILES string of the molecule is CC(C)[C@H](NC(=O)CCCC(=O)NCCC(=O)N1Cc2ccccc2C#Cc2ccccc21)C(=O)C[C@@H](C)C(=O)O. The molecule has 1 aliphatic heterocycles. The molecule has 9 heteroatoms. The van der Waals surface area contributed by atoms with Crippen LogP contribution in [0.5, 0.6) is 0 Å². The summed E-state index contributed by atoms with van der Waals surface area (Å²) in [6, 6.07) is 14.4. The molecule has 2 atom stereocenters. The van der Waals surface area contributed by atoms with Crippen LogP contribution in [0, 0.1) is 23.7 Å². The normalized spacial score (nSPS) is 13.3. The smallest absolute Gasteiger partial charge is 0.306 e. The molecular weight excluding hydrogens is 522 g/mol. The molecule has 3 N–H and O–H groups in total. The number of para-hydroxylation sites is 1. The fraction of sp³-hybridized carbons (Fsp3) is 0.406. The van der Waals surface area contributed by atoms with Crippen LogP contribution >= 0.6 is 0 Å². The number of carbonyl (C=O) groups excluding carboxylic acids is 4. The number of carbonyl (C=O) groups is 5. The number of ketones is 1. The van der Waals surface area contributed by atoms with Gasteiger partial charge in [0.05, 0.1) is 24.2 Å². The van der Waals surface area contributed by atoms with Crippen molar-refractivity contribution in [1.82, 2.24) is 10.6 Å². The average Bonchev–Trinajstić information content (AvgIpc) is 2.92. The number of anilines is 1.